The molecule has 1 aromatic heterocycles. The Morgan fingerprint density at radius 1 is 0.792 bits per heavy atom. The van der Waals surface area contributed by atoms with Crippen molar-refractivity contribution in [2.45, 2.75) is 6.92 Å². The molecule has 4 aromatic rings. The molecule has 0 fully saturated rings. The Kier molecular flexibility index (Phi) is 3.51. The van der Waals surface area contributed by atoms with Gasteiger partial charge in [0, 0.05) is 16.5 Å². The number of aromatic nitrogens is 1. The number of aryl methyl sites for hydroxylation is 1. The van der Waals surface area contributed by atoms with Gasteiger partial charge in [0.2, 0.25) is 0 Å². The average Bonchev–Trinajstić information content (AvgIpc) is 3.00. The first-order valence-electron chi connectivity index (χ1n) is 7.99. The van der Waals surface area contributed by atoms with Crippen molar-refractivity contribution in [3.8, 4) is 22.4 Å². The van der Waals surface area contributed by atoms with Crippen LogP contribution in [0.5, 0.6) is 0 Å². The summed E-state index contributed by atoms with van der Waals surface area (Å²) in [7, 11) is 0. The maximum Gasteiger partial charge on any atom is 0.152 e. The molecule has 0 aliphatic carbocycles. The van der Waals surface area contributed by atoms with E-state index in [0.29, 0.717) is 5.56 Å². The third kappa shape index (κ3) is 2.42. The zero-order valence-electron chi connectivity index (χ0n) is 13.4. The summed E-state index contributed by atoms with van der Waals surface area (Å²) in [5.74, 6) is 0. The first-order valence-corrected chi connectivity index (χ1v) is 7.99. The van der Waals surface area contributed by atoms with E-state index in [0.717, 1.165) is 39.6 Å². The molecular weight excluding hydrogens is 294 g/mol. The number of H-pyrrole nitrogens is 1. The van der Waals surface area contributed by atoms with Gasteiger partial charge in [-0.15, -0.1) is 0 Å². The fourth-order valence-electron chi connectivity index (χ4n) is 3.09. The Labute approximate surface area is 140 Å². The Balaban J connectivity index is 1.91. The molecule has 116 valence electrons. The van der Waals surface area contributed by atoms with Crippen molar-refractivity contribution < 1.29 is 4.79 Å². The number of nitrogens with one attached hydrogen (secondary N) is 1. The van der Waals surface area contributed by atoms with Gasteiger partial charge in [-0.3, -0.25) is 4.79 Å². The molecule has 2 nitrogen and oxygen atoms in total. The summed E-state index contributed by atoms with van der Waals surface area (Å²) in [4.78, 5) is 15.2. The van der Waals surface area contributed by atoms with Crippen molar-refractivity contribution in [1.29, 1.82) is 0 Å². The van der Waals surface area contributed by atoms with Gasteiger partial charge in [0.1, 0.15) is 0 Å². The molecule has 3 aromatic carbocycles. The minimum absolute atomic E-state index is 0.714. The summed E-state index contributed by atoms with van der Waals surface area (Å²) in [6, 6.07) is 24.6. The molecule has 0 saturated heterocycles. The molecule has 0 radical (unpaired) electrons. The molecule has 0 unspecified atom stereocenters. The summed E-state index contributed by atoms with van der Waals surface area (Å²) < 4.78 is 0. The molecule has 0 saturated carbocycles. The van der Waals surface area contributed by atoms with E-state index < -0.39 is 0 Å². The molecule has 0 atom stereocenters. The van der Waals surface area contributed by atoms with Crippen LogP contribution in [-0.4, -0.2) is 11.3 Å². The van der Waals surface area contributed by atoms with Crippen molar-refractivity contribution >= 4 is 17.2 Å². The Morgan fingerprint density at radius 3 is 2.21 bits per heavy atom. The third-order valence-electron chi connectivity index (χ3n) is 4.40. The Hall–Kier alpha value is -3.13. The average molecular weight is 311 g/mol. The van der Waals surface area contributed by atoms with E-state index in [1.165, 1.54) is 5.56 Å². The molecule has 0 aliphatic heterocycles. The smallest absolute Gasteiger partial charge is 0.152 e. The van der Waals surface area contributed by atoms with Crippen LogP contribution in [0.15, 0.2) is 72.8 Å². The second-order valence-corrected chi connectivity index (χ2v) is 6.02. The van der Waals surface area contributed by atoms with E-state index in [9.17, 15) is 4.79 Å². The summed E-state index contributed by atoms with van der Waals surface area (Å²) in [5, 5.41) is 0.960. The summed E-state index contributed by atoms with van der Waals surface area (Å²) in [6.07, 6.45) is 0.947. The van der Waals surface area contributed by atoms with Crippen LogP contribution in [0.3, 0.4) is 0 Å². The summed E-state index contributed by atoms with van der Waals surface area (Å²) >= 11 is 0. The summed E-state index contributed by atoms with van der Waals surface area (Å²) in [6.45, 7) is 2.06. The van der Waals surface area contributed by atoms with Crippen molar-refractivity contribution in [1.82, 2.24) is 4.98 Å². The fourth-order valence-corrected chi connectivity index (χ4v) is 3.09. The van der Waals surface area contributed by atoms with Gasteiger partial charge >= 0.3 is 0 Å². The molecule has 1 heterocycles. The predicted molar refractivity (Wildman–Crippen MR) is 99.3 cm³/mol. The number of hydrogen-bond acceptors (Lipinski definition) is 1. The quantitative estimate of drug-likeness (QED) is 0.489. The predicted octanol–water partition coefficient (Wildman–Crippen LogP) is 5.62. The van der Waals surface area contributed by atoms with Crippen LogP contribution in [0.1, 0.15) is 15.9 Å². The van der Waals surface area contributed by atoms with E-state index >= 15 is 0 Å². The maximum atomic E-state index is 11.8. The highest BCUT2D eigenvalue weighted by atomic mass is 16.1. The van der Waals surface area contributed by atoms with Gasteiger partial charge in [-0.05, 0) is 35.7 Å². The molecule has 0 spiro atoms. The minimum atomic E-state index is 0.714. The van der Waals surface area contributed by atoms with E-state index in [1.807, 2.05) is 36.4 Å². The second-order valence-electron chi connectivity index (χ2n) is 6.02. The Bertz CT molecular complexity index is 1010. The van der Waals surface area contributed by atoms with E-state index in [4.69, 9.17) is 0 Å². The van der Waals surface area contributed by atoms with Gasteiger partial charge in [-0.25, -0.2) is 0 Å². The fraction of sp³-hybridized carbons (Fsp3) is 0.0455. The molecule has 4 rings (SSSR count). The van der Waals surface area contributed by atoms with Gasteiger partial charge in [0.15, 0.2) is 6.29 Å². The number of hydrogen-bond donors (Lipinski definition) is 1. The normalized spacial score (nSPS) is 10.9. The van der Waals surface area contributed by atoms with Crippen LogP contribution in [0.2, 0.25) is 0 Å². The lowest BCUT2D eigenvalue weighted by atomic mass is 10.0. The van der Waals surface area contributed by atoms with Gasteiger partial charge < -0.3 is 4.98 Å². The highest BCUT2D eigenvalue weighted by Gasteiger charge is 2.13. The van der Waals surface area contributed by atoms with E-state index in [-0.39, 0.29) is 0 Å². The van der Waals surface area contributed by atoms with Gasteiger partial charge in [-0.1, -0.05) is 66.2 Å². The van der Waals surface area contributed by atoms with Gasteiger partial charge in [0.05, 0.1) is 5.69 Å². The van der Waals surface area contributed by atoms with Crippen LogP contribution in [0.25, 0.3) is 33.3 Å². The molecular formula is C22H17NO. The maximum absolute atomic E-state index is 11.8. The molecule has 1 N–H and O–H groups in total. The number of fused-ring (bicyclic) bond motifs is 1. The van der Waals surface area contributed by atoms with Gasteiger partial charge in [-0.2, -0.15) is 0 Å². The summed E-state index contributed by atoms with van der Waals surface area (Å²) in [5.41, 5.74) is 7.06. The molecule has 0 amide bonds. The van der Waals surface area contributed by atoms with E-state index in [2.05, 4.69) is 48.3 Å². The second kappa shape index (κ2) is 5.82. The van der Waals surface area contributed by atoms with Crippen LogP contribution >= 0.6 is 0 Å². The zero-order chi connectivity index (χ0) is 16.5. The number of aldehydes is 1. The van der Waals surface area contributed by atoms with Crippen molar-refractivity contribution in [3.05, 3.63) is 83.9 Å². The number of carbonyl (C=O) groups excluding carboxylic acids is 1. The molecule has 0 aliphatic rings. The first-order chi connectivity index (χ1) is 11.8. The van der Waals surface area contributed by atoms with Crippen LogP contribution in [-0.2, 0) is 0 Å². The van der Waals surface area contributed by atoms with Crippen molar-refractivity contribution in [3.63, 3.8) is 0 Å². The largest absolute Gasteiger partial charge is 0.354 e. The Morgan fingerprint density at radius 2 is 1.50 bits per heavy atom. The molecule has 0 bridgehead atoms. The first kappa shape index (κ1) is 14.5. The van der Waals surface area contributed by atoms with Crippen LogP contribution in [0, 0.1) is 6.92 Å². The molecule has 2 heteroatoms. The van der Waals surface area contributed by atoms with Gasteiger partial charge in [0.25, 0.3) is 0 Å². The van der Waals surface area contributed by atoms with Crippen molar-refractivity contribution in [2.24, 2.45) is 0 Å². The SMILES string of the molecule is Cc1ccc(-c2[nH]c3ccc(-c4ccccc4)cc3c2C=O)cc1. The topological polar surface area (TPSA) is 32.9 Å². The monoisotopic (exact) mass is 311 g/mol. The van der Waals surface area contributed by atoms with E-state index in [1.54, 1.807) is 0 Å². The third-order valence-corrected chi connectivity index (χ3v) is 4.40. The highest BCUT2D eigenvalue weighted by molar-refractivity contribution is 6.05. The van der Waals surface area contributed by atoms with Crippen LogP contribution < -0.4 is 0 Å². The van der Waals surface area contributed by atoms with Crippen molar-refractivity contribution in [2.75, 3.05) is 0 Å². The molecule has 24 heavy (non-hydrogen) atoms. The lowest BCUT2D eigenvalue weighted by Gasteiger charge is -2.02. The zero-order valence-corrected chi connectivity index (χ0v) is 13.4. The van der Waals surface area contributed by atoms with Crippen LogP contribution in [0.4, 0.5) is 0 Å². The number of benzene rings is 3. The highest BCUT2D eigenvalue weighted by Crippen LogP contribution is 2.32. The standard InChI is InChI=1S/C22H17NO/c1-15-7-9-17(10-8-15)22-20(14-24)19-13-18(11-12-21(19)23-22)16-5-3-2-4-6-16/h2-14,23H,1H3. The lowest BCUT2D eigenvalue weighted by molar-refractivity contribution is 0.112. The minimum Gasteiger partial charge on any atom is -0.354 e. The lowest BCUT2D eigenvalue weighted by Crippen LogP contribution is -1.85. The number of aromatic amines is 1. The number of rotatable bonds is 3. The number of carbonyl (C=O) groups is 1.